The van der Waals surface area contributed by atoms with Gasteiger partial charge in [0, 0.05) is 32.7 Å². The van der Waals surface area contributed by atoms with Crippen LogP contribution in [-0.4, -0.2) is 41.9 Å². The molecule has 146 valence electrons. The van der Waals surface area contributed by atoms with Gasteiger partial charge >= 0.3 is 6.18 Å². The lowest BCUT2D eigenvalue weighted by Crippen LogP contribution is -2.36. The van der Waals surface area contributed by atoms with E-state index in [4.69, 9.17) is 5.26 Å². The van der Waals surface area contributed by atoms with Crippen LogP contribution >= 0.6 is 0 Å². The Hall–Kier alpha value is -2.85. The Bertz CT molecular complexity index is 872. The molecule has 1 aliphatic rings. The predicted molar refractivity (Wildman–Crippen MR) is 98.4 cm³/mol. The summed E-state index contributed by atoms with van der Waals surface area (Å²) in [4.78, 5) is 16.4. The molecule has 2 aromatic carbocycles. The molecule has 0 saturated carbocycles. The summed E-state index contributed by atoms with van der Waals surface area (Å²) in [5, 5.41) is 8.86. The zero-order chi connectivity index (χ0) is 20.1. The van der Waals surface area contributed by atoms with E-state index >= 15 is 0 Å². The zero-order valence-corrected chi connectivity index (χ0v) is 15.2. The number of benzene rings is 2. The molecule has 1 saturated heterocycles. The minimum absolute atomic E-state index is 0.296. The largest absolute Gasteiger partial charge is 0.417 e. The fourth-order valence-electron chi connectivity index (χ4n) is 3.36. The van der Waals surface area contributed by atoms with Crippen LogP contribution < -0.4 is 0 Å². The second-order valence-corrected chi connectivity index (χ2v) is 6.77. The van der Waals surface area contributed by atoms with E-state index in [9.17, 15) is 18.0 Å². The third-order valence-corrected chi connectivity index (χ3v) is 4.83. The molecule has 0 atom stereocenters. The monoisotopic (exact) mass is 387 g/mol. The van der Waals surface area contributed by atoms with Crippen LogP contribution in [0, 0.1) is 11.3 Å². The van der Waals surface area contributed by atoms with Gasteiger partial charge in [0.25, 0.3) is 5.91 Å². The fourth-order valence-corrected chi connectivity index (χ4v) is 3.36. The van der Waals surface area contributed by atoms with Gasteiger partial charge in [0.1, 0.15) is 0 Å². The Morgan fingerprint density at radius 3 is 2.39 bits per heavy atom. The van der Waals surface area contributed by atoms with Crippen LogP contribution in [0.1, 0.15) is 33.5 Å². The number of alkyl halides is 3. The van der Waals surface area contributed by atoms with Crippen molar-refractivity contribution in [3.8, 4) is 6.07 Å². The minimum Gasteiger partial charge on any atom is -0.337 e. The van der Waals surface area contributed by atoms with E-state index in [1.807, 2.05) is 12.1 Å². The third-order valence-electron chi connectivity index (χ3n) is 4.83. The van der Waals surface area contributed by atoms with Gasteiger partial charge in [-0.25, -0.2) is 0 Å². The Morgan fingerprint density at radius 1 is 1.00 bits per heavy atom. The summed E-state index contributed by atoms with van der Waals surface area (Å²) >= 11 is 0. The maximum Gasteiger partial charge on any atom is 0.417 e. The average Bonchev–Trinajstić information content (AvgIpc) is 2.93. The lowest BCUT2D eigenvalue weighted by Gasteiger charge is -2.23. The molecule has 0 unspecified atom stereocenters. The maximum atomic E-state index is 13.2. The van der Waals surface area contributed by atoms with E-state index in [0.29, 0.717) is 38.2 Å². The highest BCUT2D eigenvalue weighted by Crippen LogP contribution is 2.32. The molecular formula is C21H20F3N3O. The average molecular weight is 387 g/mol. The van der Waals surface area contributed by atoms with Crippen molar-refractivity contribution in [1.29, 1.82) is 5.26 Å². The number of rotatable bonds is 3. The van der Waals surface area contributed by atoms with E-state index in [-0.39, 0.29) is 5.56 Å². The Kier molecular flexibility index (Phi) is 6.00. The summed E-state index contributed by atoms with van der Waals surface area (Å²) in [5.41, 5.74) is 0.468. The minimum atomic E-state index is -4.56. The quantitative estimate of drug-likeness (QED) is 0.802. The second-order valence-electron chi connectivity index (χ2n) is 6.77. The highest BCUT2D eigenvalue weighted by Gasteiger charge is 2.36. The first kappa shape index (κ1) is 19.9. The lowest BCUT2D eigenvalue weighted by molar-refractivity contribution is -0.138. The van der Waals surface area contributed by atoms with Gasteiger partial charge in [0.15, 0.2) is 0 Å². The van der Waals surface area contributed by atoms with E-state index in [2.05, 4.69) is 11.0 Å². The van der Waals surface area contributed by atoms with Crippen LogP contribution in [0.5, 0.6) is 0 Å². The number of amides is 1. The lowest BCUT2D eigenvalue weighted by atomic mass is 10.1. The van der Waals surface area contributed by atoms with Gasteiger partial charge in [-0.15, -0.1) is 0 Å². The van der Waals surface area contributed by atoms with Gasteiger partial charge in [-0.1, -0.05) is 24.3 Å². The van der Waals surface area contributed by atoms with Crippen molar-refractivity contribution in [2.45, 2.75) is 19.1 Å². The van der Waals surface area contributed by atoms with Gasteiger partial charge in [0.2, 0.25) is 0 Å². The summed E-state index contributed by atoms with van der Waals surface area (Å²) in [6.07, 6.45) is -3.87. The molecule has 28 heavy (non-hydrogen) atoms. The normalized spacial score (nSPS) is 15.7. The van der Waals surface area contributed by atoms with Crippen molar-refractivity contribution in [2.24, 2.45) is 0 Å². The molecule has 0 bridgehead atoms. The summed E-state index contributed by atoms with van der Waals surface area (Å²) in [6, 6.07) is 14.3. The van der Waals surface area contributed by atoms with E-state index in [1.165, 1.54) is 23.1 Å². The molecule has 0 aliphatic carbocycles. The predicted octanol–water partition coefficient (Wildman–Crippen LogP) is 3.93. The summed E-state index contributed by atoms with van der Waals surface area (Å²) in [6.45, 7) is 2.81. The first-order chi connectivity index (χ1) is 13.4. The van der Waals surface area contributed by atoms with Crippen molar-refractivity contribution in [3.05, 3.63) is 70.8 Å². The SMILES string of the molecule is N#Cc1ccc(CN2CCCN(C(=O)c3ccccc3C(F)(F)F)CC2)cc1. The van der Waals surface area contributed by atoms with Crippen molar-refractivity contribution in [3.63, 3.8) is 0 Å². The van der Waals surface area contributed by atoms with Gasteiger partial charge in [-0.3, -0.25) is 9.69 Å². The van der Waals surface area contributed by atoms with E-state index in [0.717, 1.165) is 18.2 Å². The van der Waals surface area contributed by atoms with Crippen LogP contribution in [-0.2, 0) is 12.7 Å². The zero-order valence-electron chi connectivity index (χ0n) is 15.2. The number of nitriles is 1. The molecule has 1 fully saturated rings. The van der Waals surface area contributed by atoms with Crippen molar-refractivity contribution < 1.29 is 18.0 Å². The molecule has 4 nitrogen and oxygen atoms in total. The van der Waals surface area contributed by atoms with Crippen LogP contribution in [0.25, 0.3) is 0 Å². The van der Waals surface area contributed by atoms with E-state index < -0.39 is 17.6 Å². The Morgan fingerprint density at radius 2 is 1.71 bits per heavy atom. The highest BCUT2D eigenvalue weighted by atomic mass is 19.4. The van der Waals surface area contributed by atoms with Crippen LogP contribution in [0.15, 0.2) is 48.5 Å². The first-order valence-corrected chi connectivity index (χ1v) is 9.05. The Labute approximate surface area is 161 Å². The molecule has 0 spiro atoms. The number of halogens is 3. The van der Waals surface area contributed by atoms with Crippen molar-refractivity contribution in [2.75, 3.05) is 26.2 Å². The number of hydrogen-bond acceptors (Lipinski definition) is 3. The summed E-state index contributed by atoms with van der Waals surface area (Å²) in [7, 11) is 0. The van der Waals surface area contributed by atoms with Gasteiger partial charge in [0.05, 0.1) is 22.8 Å². The molecule has 1 heterocycles. The Balaban J connectivity index is 1.67. The summed E-state index contributed by atoms with van der Waals surface area (Å²) in [5.74, 6) is -0.576. The third kappa shape index (κ3) is 4.70. The molecule has 3 rings (SSSR count). The molecule has 2 aromatic rings. The van der Waals surface area contributed by atoms with E-state index in [1.54, 1.807) is 12.1 Å². The van der Waals surface area contributed by atoms with Gasteiger partial charge in [-0.2, -0.15) is 18.4 Å². The molecule has 0 radical (unpaired) electrons. The topological polar surface area (TPSA) is 47.3 Å². The second kappa shape index (κ2) is 8.44. The van der Waals surface area contributed by atoms with Crippen LogP contribution in [0.2, 0.25) is 0 Å². The first-order valence-electron chi connectivity index (χ1n) is 9.05. The fraction of sp³-hybridized carbons (Fsp3) is 0.333. The molecule has 0 N–H and O–H groups in total. The molecular weight excluding hydrogens is 367 g/mol. The van der Waals surface area contributed by atoms with Crippen LogP contribution in [0.4, 0.5) is 13.2 Å². The van der Waals surface area contributed by atoms with Crippen LogP contribution in [0.3, 0.4) is 0 Å². The highest BCUT2D eigenvalue weighted by molar-refractivity contribution is 5.96. The number of hydrogen-bond donors (Lipinski definition) is 0. The molecule has 1 aliphatic heterocycles. The summed E-state index contributed by atoms with van der Waals surface area (Å²) < 4.78 is 39.6. The number of nitrogens with zero attached hydrogens (tertiary/aromatic N) is 3. The van der Waals surface area contributed by atoms with Crippen molar-refractivity contribution >= 4 is 5.91 Å². The van der Waals surface area contributed by atoms with Crippen molar-refractivity contribution in [1.82, 2.24) is 9.80 Å². The number of carbonyl (C=O) groups excluding carboxylic acids is 1. The smallest absolute Gasteiger partial charge is 0.337 e. The molecule has 0 aromatic heterocycles. The van der Waals surface area contributed by atoms with Gasteiger partial charge in [-0.05, 0) is 36.2 Å². The van der Waals surface area contributed by atoms with Gasteiger partial charge < -0.3 is 4.90 Å². The molecule has 7 heteroatoms. The molecule has 1 amide bonds. The standard InChI is InChI=1S/C21H20F3N3O/c22-21(23,24)19-5-2-1-4-18(19)20(28)27-11-3-10-26(12-13-27)15-17-8-6-16(14-25)7-9-17/h1-2,4-9H,3,10-13,15H2. The number of carbonyl (C=O) groups is 1. The maximum absolute atomic E-state index is 13.2.